The lowest BCUT2D eigenvalue weighted by Gasteiger charge is -2.12. The third-order valence-corrected chi connectivity index (χ3v) is 8.73. The number of benzene rings is 3. The minimum atomic E-state index is 0.871. The van der Waals surface area contributed by atoms with Crippen molar-refractivity contribution in [2.45, 2.75) is 0 Å². The van der Waals surface area contributed by atoms with E-state index in [-0.39, 0.29) is 0 Å². The molecule has 47 heavy (non-hydrogen) atoms. The Hall–Kier alpha value is -6.53. The van der Waals surface area contributed by atoms with Crippen molar-refractivity contribution in [2.75, 3.05) is 0 Å². The fourth-order valence-electron chi connectivity index (χ4n) is 6.50. The van der Waals surface area contributed by atoms with Gasteiger partial charge >= 0.3 is 0 Å². The van der Waals surface area contributed by atoms with E-state index in [1.54, 1.807) is 12.4 Å². The zero-order valence-electron chi connectivity index (χ0n) is 25.2. The van der Waals surface area contributed by atoms with E-state index < -0.39 is 0 Å². The number of aromatic nitrogens is 6. The predicted octanol–water partition coefficient (Wildman–Crippen LogP) is 9.58. The first-order valence-corrected chi connectivity index (χ1v) is 15.5. The van der Waals surface area contributed by atoms with Gasteiger partial charge in [0.05, 0.1) is 22.4 Å². The van der Waals surface area contributed by atoms with Crippen LogP contribution in [0.3, 0.4) is 0 Å². The van der Waals surface area contributed by atoms with Crippen LogP contribution in [0.2, 0.25) is 0 Å². The van der Waals surface area contributed by atoms with Gasteiger partial charge in [-0.2, -0.15) is 0 Å². The normalized spacial score (nSPS) is 11.4. The molecule has 0 saturated heterocycles. The molecule has 6 aromatic heterocycles. The molecule has 220 valence electrons. The third-order valence-electron chi connectivity index (χ3n) is 8.73. The van der Waals surface area contributed by atoms with Gasteiger partial charge in [-0.3, -0.25) is 24.5 Å². The van der Waals surface area contributed by atoms with Crippen molar-refractivity contribution in [1.29, 1.82) is 0 Å². The molecule has 0 spiro atoms. The van der Waals surface area contributed by atoms with Gasteiger partial charge in [-0.25, -0.2) is 4.98 Å². The molecular weight excluding hydrogens is 576 g/mol. The largest absolute Gasteiger partial charge is 0.293 e. The van der Waals surface area contributed by atoms with E-state index in [0.29, 0.717) is 0 Å². The first kappa shape index (κ1) is 26.8. The Bertz CT molecular complexity index is 2530. The number of hydrogen-bond acceptors (Lipinski definition) is 5. The SMILES string of the molecule is c1ccc(-n2c3ccc(-c4ccc(-c5cccnc5)cn4)cc3c3cc(-c4ccc(-c5cccnc5)cn4)c4ccccc4c32)nc1. The van der Waals surface area contributed by atoms with Crippen LogP contribution in [0, 0.1) is 0 Å². The number of pyridine rings is 5. The third kappa shape index (κ3) is 4.62. The van der Waals surface area contributed by atoms with Gasteiger partial charge in [-0.1, -0.05) is 60.7 Å². The van der Waals surface area contributed by atoms with E-state index in [4.69, 9.17) is 15.0 Å². The molecule has 9 rings (SSSR count). The molecule has 0 aliphatic heterocycles. The molecule has 9 aromatic rings. The highest BCUT2D eigenvalue weighted by Crippen LogP contribution is 2.42. The number of hydrogen-bond donors (Lipinski definition) is 0. The Labute approximate surface area is 270 Å². The van der Waals surface area contributed by atoms with Crippen LogP contribution >= 0.6 is 0 Å². The van der Waals surface area contributed by atoms with Gasteiger partial charge in [0.25, 0.3) is 0 Å². The monoisotopic (exact) mass is 602 g/mol. The Kier molecular flexibility index (Phi) is 6.35. The fraction of sp³-hybridized carbons (Fsp3) is 0. The molecule has 0 amide bonds. The summed E-state index contributed by atoms with van der Waals surface area (Å²) >= 11 is 0. The Morgan fingerprint density at radius 2 is 1.06 bits per heavy atom. The van der Waals surface area contributed by atoms with Crippen molar-refractivity contribution in [3.8, 4) is 50.6 Å². The van der Waals surface area contributed by atoms with Crippen molar-refractivity contribution < 1.29 is 0 Å². The maximum Gasteiger partial charge on any atom is 0.137 e. The topological polar surface area (TPSA) is 69.4 Å². The molecule has 0 unspecified atom stereocenters. The van der Waals surface area contributed by atoms with Gasteiger partial charge in [0.2, 0.25) is 0 Å². The Morgan fingerprint density at radius 3 is 1.70 bits per heavy atom. The highest BCUT2D eigenvalue weighted by atomic mass is 15.1. The van der Waals surface area contributed by atoms with Crippen molar-refractivity contribution in [1.82, 2.24) is 29.5 Å². The summed E-state index contributed by atoms with van der Waals surface area (Å²) < 4.78 is 2.28. The lowest BCUT2D eigenvalue weighted by atomic mass is 9.96. The van der Waals surface area contributed by atoms with Crippen LogP contribution in [0.5, 0.6) is 0 Å². The molecule has 0 saturated carbocycles. The molecule has 0 radical (unpaired) electrons. The Balaban J connectivity index is 1.27. The maximum absolute atomic E-state index is 4.96. The van der Waals surface area contributed by atoms with Crippen molar-refractivity contribution in [3.63, 3.8) is 0 Å². The van der Waals surface area contributed by atoms with Crippen LogP contribution in [0.15, 0.2) is 159 Å². The van der Waals surface area contributed by atoms with Gasteiger partial charge in [0.15, 0.2) is 0 Å². The molecule has 0 fully saturated rings. The average molecular weight is 603 g/mol. The highest BCUT2D eigenvalue weighted by Gasteiger charge is 2.20. The molecule has 6 nitrogen and oxygen atoms in total. The molecule has 0 aliphatic rings. The summed E-state index contributed by atoms with van der Waals surface area (Å²) in [5, 5.41) is 4.53. The predicted molar refractivity (Wildman–Crippen MR) is 189 cm³/mol. The summed E-state index contributed by atoms with van der Waals surface area (Å²) in [6, 6.07) is 39.9. The van der Waals surface area contributed by atoms with Crippen LogP contribution in [-0.2, 0) is 0 Å². The number of nitrogens with zero attached hydrogens (tertiary/aromatic N) is 6. The molecule has 0 aliphatic carbocycles. The quantitative estimate of drug-likeness (QED) is 0.196. The van der Waals surface area contributed by atoms with Crippen molar-refractivity contribution >= 4 is 32.6 Å². The first-order chi connectivity index (χ1) is 23.3. The summed E-state index contributed by atoms with van der Waals surface area (Å²) in [6.45, 7) is 0. The molecular formula is C41H26N6. The van der Waals surface area contributed by atoms with Gasteiger partial charge in [-0.05, 0) is 60.0 Å². The molecule has 0 bridgehead atoms. The second-order valence-electron chi connectivity index (χ2n) is 11.5. The van der Waals surface area contributed by atoms with Gasteiger partial charge < -0.3 is 0 Å². The van der Waals surface area contributed by atoms with E-state index in [1.807, 2.05) is 61.3 Å². The summed E-state index contributed by atoms with van der Waals surface area (Å²) in [6.07, 6.45) is 13.0. The zero-order chi connectivity index (χ0) is 31.2. The molecule has 0 N–H and O–H groups in total. The van der Waals surface area contributed by atoms with E-state index in [1.165, 1.54) is 0 Å². The van der Waals surface area contributed by atoms with Crippen LogP contribution < -0.4 is 0 Å². The number of rotatable bonds is 5. The fourth-order valence-corrected chi connectivity index (χ4v) is 6.50. The molecule has 0 atom stereocenters. The second-order valence-corrected chi connectivity index (χ2v) is 11.5. The van der Waals surface area contributed by atoms with E-state index in [2.05, 4.69) is 99.5 Å². The van der Waals surface area contributed by atoms with E-state index in [0.717, 1.165) is 83.2 Å². The summed E-state index contributed by atoms with van der Waals surface area (Å²) in [7, 11) is 0. The average Bonchev–Trinajstić information content (AvgIpc) is 3.49. The molecule has 6 heterocycles. The number of fused-ring (bicyclic) bond motifs is 5. The van der Waals surface area contributed by atoms with E-state index >= 15 is 0 Å². The summed E-state index contributed by atoms with van der Waals surface area (Å²) in [5.74, 6) is 0.871. The van der Waals surface area contributed by atoms with Crippen molar-refractivity contribution in [2.24, 2.45) is 0 Å². The van der Waals surface area contributed by atoms with Crippen LogP contribution in [-0.4, -0.2) is 29.5 Å². The summed E-state index contributed by atoms with van der Waals surface area (Å²) in [5.41, 5.74) is 10.3. The van der Waals surface area contributed by atoms with Crippen LogP contribution in [0.25, 0.3) is 83.2 Å². The summed E-state index contributed by atoms with van der Waals surface area (Å²) in [4.78, 5) is 23.2. The molecule has 3 aromatic carbocycles. The lowest BCUT2D eigenvalue weighted by Crippen LogP contribution is -1.97. The van der Waals surface area contributed by atoms with Crippen LogP contribution in [0.4, 0.5) is 0 Å². The second kappa shape index (κ2) is 11.1. The molecule has 6 heteroatoms. The first-order valence-electron chi connectivity index (χ1n) is 15.5. The highest BCUT2D eigenvalue weighted by molar-refractivity contribution is 6.22. The van der Waals surface area contributed by atoms with Crippen molar-refractivity contribution in [3.05, 3.63) is 159 Å². The lowest BCUT2D eigenvalue weighted by molar-refractivity contribution is 1.08. The van der Waals surface area contributed by atoms with Gasteiger partial charge in [-0.15, -0.1) is 0 Å². The van der Waals surface area contributed by atoms with Crippen LogP contribution in [0.1, 0.15) is 0 Å². The minimum absolute atomic E-state index is 0.871. The van der Waals surface area contributed by atoms with Gasteiger partial charge in [0, 0.05) is 92.9 Å². The van der Waals surface area contributed by atoms with Gasteiger partial charge in [0.1, 0.15) is 5.82 Å². The Morgan fingerprint density at radius 1 is 0.404 bits per heavy atom. The smallest absolute Gasteiger partial charge is 0.137 e. The van der Waals surface area contributed by atoms with E-state index in [9.17, 15) is 0 Å². The maximum atomic E-state index is 4.96. The minimum Gasteiger partial charge on any atom is -0.293 e. The zero-order valence-corrected chi connectivity index (χ0v) is 25.2. The standard InChI is InChI=1S/C41H26N6/c1-2-10-33-32(9-1)34(38-16-13-31(26-46-38)29-8-6-19-43-24-29)22-36-35-21-27(37-15-12-30(25-45-37)28-7-5-18-42-23-28)14-17-39(35)47(41(33)36)40-11-3-4-20-44-40/h1-26H.